The van der Waals surface area contributed by atoms with E-state index in [1.54, 1.807) is 17.1 Å². The second kappa shape index (κ2) is 6.02. The summed E-state index contributed by atoms with van der Waals surface area (Å²) in [5.41, 5.74) is 0.541. The Morgan fingerprint density at radius 1 is 1.59 bits per heavy atom. The number of amides is 1. The Bertz CT molecular complexity index is 379. The zero-order chi connectivity index (χ0) is 11.5. The van der Waals surface area contributed by atoms with Gasteiger partial charge in [0.05, 0.1) is 6.33 Å². The monoisotopic (exact) mass is 258 g/mol. The summed E-state index contributed by atoms with van der Waals surface area (Å²) >= 11 is 0. The molecule has 2 heterocycles. The lowest BCUT2D eigenvalue weighted by molar-refractivity contribution is 0.0692. The highest BCUT2D eigenvalue weighted by atomic mass is 35.5. The maximum atomic E-state index is 12.1. The van der Waals surface area contributed by atoms with Crippen LogP contribution in [-0.2, 0) is 7.05 Å². The minimum absolute atomic E-state index is 0. The largest absolute Gasteiger partial charge is 0.340 e. The molecule has 1 aliphatic rings. The molecule has 1 aliphatic heterocycles. The Morgan fingerprint density at radius 3 is 2.94 bits per heavy atom. The molecular weight excluding hydrogens is 240 g/mol. The second-order valence-electron chi connectivity index (χ2n) is 4.30. The molecule has 0 spiro atoms. The lowest BCUT2D eigenvalue weighted by Gasteiger charge is -2.32. The molecule has 0 saturated carbocycles. The first-order valence-corrected chi connectivity index (χ1v) is 5.65. The molecule has 2 rings (SSSR count). The van der Waals surface area contributed by atoms with Crippen LogP contribution in [0.25, 0.3) is 0 Å². The van der Waals surface area contributed by atoms with Gasteiger partial charge < -0.3 is 14.8 Å². The van der Waals surface area contributed by atoms with E-state index in [-0.39, 0.29) is 18.3 Å². The van der Waals surface area contributed by atoms with Gasteiger partial charge >= 0.3 is 0 Å². The third-order valence-electron chi connectivity index (χ3n) is 3.04. The molecule has 1 aromatic heterocycles. The highest BCUT2D eigenvalue weighted by Crippen LogP contribution is 2.12. The van der Waals surface area contributed by atoms with Gasteiger partial charge in [0.25, 0.3) is 5.91 Å². The van der Waals surface area contributed by atoms with E-state index in [0.29, 0.717) is 11.7 Å². The fourth-order valence-corrected chi connectivity index (χ4v) is 2.08. The number of carbonyl (C=O) groups excluding carboxylic acids is 1. The summed E-state index contributed by atoms with van der Waals surface area (Å²) in [4.78, 5) is 18.1. The zero-order valence-electron chi connectivity index (χ0n) is 10.2. The fraction of sp³-hybridized carbons (Fsp3) is 0.636. The zero-order valence-corrected chi connectivity index (χ0v) is 11.0. The third kappa shape index (κ3) is 3.20. The number of likely N-dealkylation sites (N-methyl/N-ethyl adjacent to an activating group) is 1. The number of hydrogen-bond donors (Lipinski definition) is 1. The molecule has 1 aromatic rings. The molecule has 1 N–H and O–H groups in total. The van der Waals surface area contributed by atoms with E-state index in [0.717, 1.165) is 25.9 Å². The number of likely N-dealkylation sites (tertiary alicyclic amines) is 1. The van der Waals surface area contributed by atoms with Gasteiger partial charge in [0, 0.05) is 32.4 Å². The predicted octanol–water partition coefficient (Wildman–Crippen LogP) is 0.666. The predicted molar refractivity (Wildman–Crippen MR) is 68.4 cm³/mol. The number of imidazole rings is 1. The molecule has 96 valence electrons. The van der Waals surface area contributed by atoms with Crippen LogP contribution in [0.5, 0.6) is 0 Å². The summed E-state index contributed by atoms with van der Waals surface area (Å²) in [7, 11) is 3.82. The average molecular weight is 259 g/mol. The van der Waals surface area contributed by atoms with Crippen LogP contribution in [0.4, 0.5) is 0 Å². The van der Waals surface area contributed by atoms with Gasteiger partial charge in [-0.15, -0.1) is 12.4 Å². The number of halogens is 1. The summed E-state index contributed by atoms with van der Waals surface area (Å²) in [5, 5.41) is 3.23. The minimum Gasteiger partial charge on any atom is -0.340 e. The van der Waals surface area contributed by atoms with Crippen LogP contribution in [0.3, 0.4) is 0 Å². The van der Waals surface area contributed by atoms with Crippen molar-refractivity contribution < 1.29 is 4.79 Å². The number of hydrogen-bond acceptors (Lipinski definition) is 3. The van der Waals surface area contributed by atoms with Gasteiger partial charge in [-0.2, -0.15) is 0 Å². The van der Waals surface area contributed by atoms with Gasteiger partial charge in [0.1, 0.15) is 5.69 Å². The number of nitrogens with one attached hydrogen (secondary N) is 1. The van der Waals surface area contributed by atoms with Crippen LogP contribution < -0.4 is 5.32 Å². The van der Waals surface area contributed by atoms with Gasteiger partial charge in [-0.1, -0.05) is 0 Å². The molecule has 1 unspecified atom stereocenters. The average Bonchev–Trinajstić information content (AvgIpc) is 2.75. The molecule has 1 amide bonds. The summed E-state index contributed by atoms with van der Waals surface area (Å²) < 4.78 is 1.80. The van der Waals surface area contributed by atoms with Crippen LogP contribution in [0.15, 0.2) is 12.5 Å². The minimum atomic E-state index is 0. The lowest BCUT2D eigenvalue weighted by atomic mass is 10.1. The quantitative estimate of drug-likeness (QED) is 0.848. The van der Waals surface area contributed by atoms with Crippen LogP contribution in [0.1, 0.15) is 23.3 Å². The maximum absolute atomic E-state index is 12.1. The molecule has 17 heavy (non-hydrogen) atoms. The van der Waals surface area contributed by atoms with Crippen molar-refractivity contribution in [2.24, 2.45) is 7.05 Å². The molecule has 6 heteroatoms. The number of aryl methyl sites for hydroxylation is 1. The molecule has 1 atom stereocenters. The smallest absolute Gasteiger partial charge is 0.274 e. The number of nitrogens with zero attached hydrogens (tertiary/aromatic N) is 3. The third-order valence-corrected chi connectivity index (χ3v) is 3.04. The van der Waals surface area contributed by atoms with E-state index in [9.17, 15) is 4.79 Å². The van der Waals surface area contributed by atoms with Gasteiger partial charge in [-0.25, -0.2) is 4.98 Å². The highest BCUT2D eigenvalue weighted by molar-refractivity contribution is 5.92. The van der Waals surface area contributed by atoms with Crippen molar-refractivity contribution >= 4 is 18.3 Å². The molecule has 5 nitrogen and oxygen atoms in total. The van der Waals surface area contributed by atoms with E-state index in [1.807, 2.05) is 19.0 Å². The van der Waals surface area contributed by atoms with Gasteiger partial charge in [0.15, 0.2) is 0 Å². The Kier molecular flexibility index (Phi) is 4.96. The van der Waals surface area contributed by atoms with Gasteiger partial charge in [-0.3, -0.25) is 4.79 Å². The van der Waals surface area contributed by atoms with Crippen LogP contribution in [-0.4, -0.2) is 46.5 Å². The van der Waals surface area contributed by atoms with Crippen LogP contribution in [0, 0.1) is 0 Å². The summed E-state index contributed by atoms with van der Waals surface area (Å²) in [5.74, 6) is 0.0422. The van der Waals surface area contributed by atoms with Gasteiger partial charge in [0.2, 0.25) is 0 Å². The maximum Gasteiger partial charge on any atom is 0.274 e. The number of rotatable bonds is 2. The molecule has 0 radical (unpaired) electrons. The first kappa shape index (κ1) is 14.0. The van der Waals surface area contributed by atoms with Crippen molar-refractivity contribution in [1.29, 1.82) is 0 Å². The Labute approximate surface area is 108 Å². The van der Waals surface area contributed by atoms with Crippen molar-refractivity contribution in [3.8, 4) is 0 Å². The Balaban J connectivity index is 0.00000144. The van der Waals surface area contributed by atoms with Crippen molar-refractivity contribution in [1.82, 2.24) is 19.8 Å². The highest BCUT2D eigenvalue weighted by Gasteiger charge is 2.24. The molecule has 1 fully saturated rings. The molecule has 1 saturated heterocycles. The van der Waals surface area contributed by atoms with Crippen molar-refractivity contribution in [3.63, 3.8) is 0 Å². The van der Waals surface area contributed by atoms with E-state index in [1.165, 1.54) is 0 Å². The van der Waals surface area contributed by atoms with Crippen LogP contribution in [0.2, 0.25) is 0 Å². The van der Waals surface area contributed by atoms with Crippen molar-refractivity contribution in [3.05, 3.63) is 18.2 Å². The first-order chi connectivity index (χ1) is 7.70. The summed E-state index contributed by atoms with van der Waals surface area (Å²) in [6.45, 7) is 1.62. The summed E-state index contributed by atoms with van der Waals surface area (Å²) in [6, 6.07) is 0.418. The molecule has 0 aromatic carbocycles. The fourth-order valence-electron chi connectivity index (χ4n) is 2.08. The molecule has 0 aliphatic carbocycles. The topological polar surface area (TPSA) is 50.2 Å². The first-order valence-electron chi connectivity index (χ1n) is 5.65. The van der Waals surface area contributed by atoms with E-state index in [2.05, 4.69) is 10.3 Å². The standard InChI is InChI=1S/C11H18N4O.ClH/c1-12-9-4-3-5-15(6-9)11(16)10-7-14(2)8-13-10;/h7-9,12H,3-6H2,1-2H3;1H. The van der Waals surface area contributed by atoms with Crippen molar-refractivity contribution in [2.75, 3.05) is 20.1 Å². The molecule has 0 bridgehead atoms. The van der Waals surface area contributed by atoms with Gasteiger partial charge in [-0.05, 0) is 19.9 Å². The number of aromatic nitrogens is 2. The number of carbonyl (C=O) groups is 1. The normalized spacial score (nSPS) is 19.9. The summed E-state index contributed by atoms with van der Waals surface area (Å²) in [6.07, 6.45) is 5.63. The van der Waals surface area contributed by atoms with Crippen LogP contribution >= 0.6 is 12.4 Å². The molecular formula is C11H19ClN4O. The second-order valence-corrected chi connectivity index (χ2v) is 4.30. The number of piperidine rings is 1. The van der Waals surface area contributed by atoms with E-state index in [4.69, 9.17) is 0 Å². The van der Waals surface area contributed by atoms with E-state index >= 15 is 0 Å². The van der Waals surface area contributed by atoms with Crippen molar-refractivity contribution in [2.45, 2.75) is 18.9 Å². The Morgan fingerprint density at radius 2 is 2.35 bits per heavy atom. The lowest BCUT2D eigenvalue weighted by Crippen LogP contribution is -2.47. The Hall–Kier alpha value is -1.07. The SMILES string of the molecule is CNC1CCCN(C(=O)c2cn(C)cn2)C1.Cl. The van der Waals surface area contributed by atoms with E-state index < -0.39 is 0 Å².